The highest BCUT2D eigenvalue weighted by Gasteiger charge is 2.14. The van der Waals surface area contributed by atoms with Crippen LogP contribution in [0, 0.1) is 0 Å². The van der Waals surface area contributed by atoms with Crippen LogP contribution in [-0.4, -0.2) is 19.2 Å². The van der Waals surface area contributed by atoms with E-state index in [-0.39, 0.29) is 6.09 Å². The zero-order chi connectivity index (χ0) is 12.1. The Labute approximate surface area is 101 Å². The summed E-state index contributed by atoms with van der Waals surface area (Å²) in [5.74, 6) is 0. The van der Waals surface area contributed by atoms with Gasteiger partial charge in [-0.05, 0) is 37.0 Å². The third kappa shape index (κ3) is 2.90. The molecule has 0 saturated heterocycles. The van der Waals surface area contributed by atoms with E-state index in [0.29, 0.717) is 6.61 Å². The minimum atomic E-state index is -0.370. The van der Waals surface area contributed by atoms with Gasteiger partial charge in [0.15, 0.2) is 0 Å². The van der Waals surface area contributed by atoms with Crippen LogP contribution in [0.5, 0.6) is 0 Å². The molecule has 0 aliphatic carbocycles. The Morgan fingerprint density at radius 3 is 3.24 bits per heavy atom. The number of anilines is 2. The number of amides is 1. The van der Waals surface area contributed by atoms with Crippen molar-refractivity contribution in [3.05, 3.63) is 23.8 Å². The SMILES string of the molecule is CCCOC(=O)Nc1cccc2c1CCCN2. The molecule has 2 N–H and O–H groups in total. The zero-order valence-corrected chi connectivity index (χ0v) is 10.1. The van der Waals surface area contributed by atoms with E-state index >= 15 is 0 Å². The highest BCUT2D eigenvalue weighted by molar-refractivity contribution is 5.87. The lowest BCUT2D eigenvalue weighted by Gasteiger charge is -2.21. The van der Waals surface area contributed by atoms with Gasteiger partial charge >= 0.3 is 6.09 Å². The van der Waals surface area contributed by atoms with Crippen molar-refractivity contribution in [1.29, 1.82) is 0 Å². The van der Waals surface area contributed by atoms with E-state index in [2.05, 4.69) is 10.6 Å². The van der Waals surface area contributed by atoms with Crippen molar-refractivity contribution in [2.75, 3.05) is 23.8 Å². The number of fused-ring (bicyclic) bond motifs is 1. The van der Waals surface area contributed by atoms with Crippen molar-refractivity contribution >= 4 is 17.5 Å². The Bertz CT molecular complexity index is 404. The molecule has 92 valence electrons. The van der Waals surface area contributed by atoms with E-state index in [1.54, 1.807) is 0 Å². The van der Waals surface area contributed by atoms with E-state index in [0.717, 1.165) is 37.2 Å². The molecule has 0 unspecified atom stereocenters. The first kappa shape index (κ1) is 11.8. The van der Waals surface area contributed by atoms with Crippen LogP contribution in [0.4, 0.5) is 16.2 Å². The largest absolute Gasteiger partial charge is 0.449 e. The van der Waals surface area contributed by atoms with Crippen LogP contribution >= 0.6 is 0 Å². The summed E-state index contributed by atoms with van der Waals surface area (Å²) in [6.45, 7) is 3.43. The first-order chi connectivity index (χ1) is 8.31. The Morgan fingerprint density at radius 1 is 1.53 bits per heavy atom. The number of benzene rings is 1. The predicted molar refractivity (Wildman–Crippen MR) is 68.5 cm³/mol. The number of rotatable bonds is 3. The van der Waals surface area contributed by atoms with Gasteiger partial charge in [-0.3, -0.25) is 5.32 Å². The molecule has 4 nitrogen and oxygen atoms in total. The molecule has 0 spiro atoms. The summed E-state index contributed by atoms with van der Waals surface area (Å²) in [6, 6.07) is 5.89. The van der Waals surface area contributed by atoms with E-state index in [4.69, 9.17) is 4.74 Å². The maximum Gasteiger partial charge on any atom is 0.411 e. The van der Waals surface area contributed by atoms with Gasteiger partial charge in [0.25, 0.3) is 0 Å². The summed E-state index contributed by atoms with van der Waals surface area (Å²) in [7, 11) is 0. The third-order valence-electron chi connectivity index (χ3n) is 2.77. The van der Waals surface area contributed by atoms with Crippen molar-refractivity contribution < 1.29 is 9.53 Å². The molecule has 1 aliphatic rings. The number of hydrogen-bond donors (Lipinski definition) is 2. The van der Waals surface area contributed by atoms with Crippen LogP contribution in [0.25, 0.3) is 0 Å². The molecule has 1 amide bonds. The minimum absolute atomic E-state index is 0.370. The summed E-state index contributed by atoms with van der Waals surface area (Å²) in [5.41, 5.74) is 3.15. The smallest absolute Gasteiger partial charge is 0.411 e. The predicted octanol–water partition coefficient (Wildman–Crippen LogP) is 3.00. The minimum Gasteiger partial charge on any atom is -0.449 e. The van der Waals surface area contributed by atoms with E-state index < -0.39 is 0 Å². The average molecular weight is 234 g/mol. The second kappa shape index (κ2) is 5.57. The maximum atomic E-state index is 11.5. The zero-order valence-electron chi connectivity index (χ0n) is 10.1. The monoisotopic (exact) mass is 234 g/mol. The lowest BCUT2D eigenvalue weighted by Crippen LogP contribution is -2.18. The van der Waals surface area contributed by atoms with Gasteiger partial charge in [-0.25, -0.2) is 4.79 Å². The quantitative estimate of drug-likeness (QED) is 0.845. The molecule has 0 saturated carbocycles. The molecule has 0 radical (unpaired) electrons. The fourth-order valence-corrected chi connectivity index (χ4v) is 1.97. The maximum absolute atomic E-state index is 11.5. The molecule has 1 heterocycles. The van der Waals surface area contributed by atoms with Crippen molar-refractivity contribution in [1.82, 2.24) is 0 Å². The Balaban J connectivity index is 2.08. The second-order valence-electron chi connectivity index (χ2n) is 4.12. The number of carbonyl (C=O) groups is 1. The van der Waals surface area contributed by atoms with Gasteiger partial charge in [-0.15, -0.1) is 0 Å². The molecular formula is C13H18N2O2. The molecule has 0 atom stereocenters. The van der Waals surface area contributed by atoms with Crippen LogP contribution in [0.15, 0.2) is 18.2 Å². The average Bonchev–Trinajstić information content (AvgIpc) is 2.37. The Kier molecular flexibility index (Phi) is 3.85. The van der Waals surface area contributed by atoms with Crippen molar-refractivity contribution in [3.8, 4) is 0 Å². The number of ether oxygens (including phenoxy) is 1. The summed E-state index contributed by atoms with van der Waals surface area (Å²) < 4.78 is 5.02. The molecule has 0 fully saturated rings. The van der Waals surface area contributed by atoms with Gasteiger partial charge in [0.05, 0.1) is 6.61 Å². The standard InChI is InChI=1S/C13H18N2O2/c1-2-9-17-13(16)15-12-7-3-6-11-10(12)5-4-8-14-11/h3,6-7,14H,2,4-5,8-9H2,1H3,(H,15,16). The third-order valence-corrected chi connectivity index (χ3v) is 2.77. The van der Waals surface area contributed by atoms with E-state index in [1.165, 1.54) is 5.56 Å². The lowest BCUT2D eigenvalue weighted by molar-refractivity contribution is 0.161. The van der Waals surface area contributed by atoms with Gasteiger partial charge in [0.1, 0.15) is 0 Å². The van der Waals surface area contributed by atoms with Gasteiger partial charge in [0.2, 0.25) is 0 Å². The fraction of sp³-hybridized carbons (Fsp3) is 0.462. The molecule has 0 bridgehead atoms. The van der Waals surface area contributed by atoms with Crippen LogP contribution < -0.4 is 10.6 Å². The van der Waals surface area contributed by atoms with Crippen LogP contribution in [-0.2, 0) is 11.2 Å². The summed E-state index contributed by atoms with van der Waals surface area (Å²) in [5, 5.41) is 6.13. The topological polar surface area (TPSA) is 50.4 Å². The highest BCUT2D eigenvalue weighted by atomic mass is 16.5. The van der Waals surface area contributed by atoms with Gasteiger partial charge < -0.3 is 10.1 Å². The normalized spacial score (nSPS) is 13.5. The summed E-state index contributed by atoms with van der Waals surface area (Å²) in [6.07, 6.45) is 2.55. The molecular weight excluding hydrogens is 216 g/mol. The molecule has 1 aromatic carbocycles. The summed E-state index contributed by atoms with van der Waals surface area (Å²) in [4.78, 5) is 11.5. The van der Waals surface area contributed by atoms with Gasteiger partial charge in [-0.1, -0.05) is 13.0 Å². The molecule has 17 heavy (non-hydrogen) atoms. The summed E-state index contributed by atoms with van der Waals surface area (Å²) >= 11 is 0. The van der Waals surface area contributed by atoms with Crippen molar-refractivity contribution in [3.63, 3.8) is 0 Å². The molecule has 4 heteroatoms. The highest BCUT2D eigenvalue weighted by Crippen LogP contribution is 2.28. The second-order valence-corrected chi connectivity index (χ2v) is 4.12. The number of hydrogen-bond acceptors (Lipinski definition) is 3. The fourth-order valence-electron chi connectivity index (χ4n) is 1.97. The van der Waals surface area contributed by atoms with E-state index in [9.17, 15) is 4.79 Å². The molecule has 2 rings (SSSR count). The molecule has 1 aromatic rings. The molecule has 1 aliphatic heterocycles. The first-order valence-corrected chi connectivity index (χ1v) is 6.11. The van der Waals surface area contributed by atoms with Crippen LogP contribution in [0.1, 0.15) is 25.3 Å². The molecule has 0 aromatic heterocycles. The lowest BCUT2D eigenvalue weighted by atomic mass is 10.0. The van der Waals surface area contributed by atoms with Crippen molar-refractivity contribution in [2.45, 2.75) is 26.2 Å². The van der Waals surface area contributed by atoms with Gasteiger partial charge in [0, 0.05) is 17.9 Å². The number of nitrogens with one attached hydrogen (secondary N) is 2. The van der Waals surface area contributed by atoms with Crippen LogP contribution in [0.3, 0.4) is 0 Å². The Hall–Kier alpha value is -1.71. The number of carbonyl (C=O) groups excluding carboxylic acids is 1. The van der Waals surface area contributed by atoms with Crippen molar-refractivity contribution in [2.24, 2.45) is 0 Å². The Morgan fingerprint density at radius 2 is 2.41 bits per heavy atom. The van der Waals surface area contributed by atoms with Crippen LogP contribution in [0.2, 0.25) is 0 Å². The first-order valence-electron chi connectivity index (χ1n) is 6.11. The van der Waals surface area contributed by atoms with Gasteiger partial charge in [-0.2, -0.15) is 0 Å². The van der Waals surface area contributed by atoms with E-state index in [1.807, 2.05) is 25.1 Å².